The summed E-state index contributed by atoms with van der Waals surface area (Å²) in [6.07, 6.45) is 0. The zero-order valence-corrected chi connectivity index (χ0v) is 10.1. The SMILES string of the molecule is Cc1cc(O)c(C(C)(C)O)cc1I. The van der Waals surface area contributed by atoms with Gasteiger partial charge in [-0.3, -0.25) is 0 Å². The Bertz CT molecular complexity index is 326. The first kappa shape index (κ1) is 10.8. The molecule has 0 saturated heterocycles. The minimum Gasteiger partial charge on any atom is -0.508 e. The summed E-state index contributed by atoms with van der Waals surface area (Å²) in [4.78, 5) is 0. The molecule has 1 rings (SSSR count). The van der Waals surface area contributed by atoms with Gasteiger partial charge in [0.1, 0.15) is 5.75 Å². The van der Waals surface area contributed by atoms with Gasteiger partial charge in [0, 0.05) is 9.13 Å². The van der Waals surface area contributed by atoms with Gasteiger partial charge in [0.2, 0.25) is 0 Å². The molecule has 2 nitrogen and oxygen atoms in total. The second-order valence-electron chi connectivity index (χ2n) is 3.68. The number of aromatic hydroxyl groups is 1. The minimum atomic E-state index is -0.988. The third-order valence-electron chi connectivity index (χ3n) is 1.94. The van der Waals surface area contributed by atoms with Crippen LogP contribution < -0.4 is 0 Å². The van der Waals surface area contributed by atoms with Gasteiger partial charge in [-0.2, -0.15) is 0 Å². The average Bonchev–Trinajstić information content (AvgIpc) is 1.94. The van der Waals surface area contributed by atoms with Gasteiger partial charge in [0.05, 0.1) is 5.60 Å². The van der Waals surface area contributed by atoms with Gasteiger partial charge in [-0.1, -0.05) is 0 Å². The maximum atomic E-state index is 9.72. The molecule has 0 bridgehead atoms. The Hall–Kier alpha value is -0.290. The number of hydrogen-bond acceptors (Lipinski definition) is 2. The van der Waals surface area contributed by atoms with Crippen molar-refractivity contribution in [2.75, 3.05) is 0 Å². The first-order valence-corrected chi connectivity index (χ1v) is 5.12. The molecule has 0 spiro atoms. The molecule has 0 fully saturated rings. The van der Waals surface area contributed by atoms with E-state index >= 15 is 0 Å². The Morgan fingerprint density at radius 3 is 2.31 bits per heavy atom. The number of phenols is 1. The van der Waals surface area contributed by atoms with Crippen LogP contribution in [-0.2, 0) is 5.60 Å². The summed E-state index contributed by atoms with van der Waals surface area (Å²) in [7, 11) is 0. The summed E-state index contributed by atoms with van der Waals surface area (Å²) >= 11 is 2.18. The van der Waals surface area contributed by atoms with Crippen LogP contribution in [-0.4, -0.2) is 10.2 Å². The first-order chi connectivity index (χ1) is 5.82. The van der Waals surface area contributed by atoms with Crippen molar-refractivity contribution >= 4 is 22.6 Å². The fourth-order valence-electron chi connectivity index (χ4n) is 1.16. The molecule has 0 atom stereocenters. The van der Waals surface area contributed by atoms with Crippen molar-refractivity contribution < 1.29 is 10.2 Å². The molecule has 13 heavy (non-hydrogen) atoms. The van der Waals surface area contributed by atoms with E-state index in [1.807, 2.05) is 13.0 Å². The number of aryl methyl sites for hydroxylation is 1. The van der Waals surface area contributed by atoms with Crippen molar-refractivity contribution in [3.63, 3.8) is 0 Å². The number of halogens is 1. The quantitative estimate of drug-likeness (QED) is 0.781. The number of hydrogen-bond donors (Lipinski definition) is 2. The molecule has 0 aliphatic rings. The lowest BCUT2D eigenvalue weighted by atomic mass is 9.96. The van der Waals surface area contributed by atoms with Crippen LogP contribution in [0.1, 0.15) is 25.0 Å². The third-order valence-corrected chi connectivity index (χ3v) is 3.10. The van der Waals surface area contributed by atoms with Crippen LogP contribution in [0.15, 0.2) is 12.1 Å². The molecular formula is C10H13IO2. The average molecular weight is 292 g/mol. The lowest BCUT2D eigenvalue weighted by molar-refractivity contribution is 0.0757. The van der Waals surface area contributed by atoms with Gasteiger partial charge in [0.15, 0.2) is 0 Å². The molecule has 1 aromatic carbocycles. The second kappa shape index (κ2) is 3.46. The van der Waals surface area contributed by atoms with Crippen LogP contribution in [0.2, 0.25) is 0 Å². The van der Waals surface area contributed by atoms with Gasteiger partial charge < -0.3 is 10.2 Å². The predicted molar refractivity (Wildman–Crippen MR) is 60.8 cm³/mol. The molecule has 3 heteroatoms. The van der Waals surface area contributed by atoms with E-state index in [-0.39, 0.29) is 5.75 Å². The minimum absolute atomic E-state index is 0.158. The summed E-state index contributed by atoms with van der Waals surface area (Å²) in [5.74, 6) is 0.158. The highest BCUT2D eigenvalue weighted by atomic mass is 127. The molecule has 0 radical (unpaired) electrons. The van der Waals surface area contributed by atoms with Gasteiger partial charge in [-0.25, -0.2) is 0 Å². The number of rotatable bonds is 1. The van der Waals surface area contributed by atoms with Crippen molar-refractivity contribution in [2.45, 2.75) is 26.4 Å². The molecule has 2 N–H and O–H groups in total. The van der Waals surface area contributed by atoms with Gasteiger partial charge in [-0.05, 0) is 61.1 Å². The van der Waals surface area contributed by atoms with Crippen molar-refractivity contribution in [1.82, 2.24) is 0 Å². The van der Waals surface area contributed by atoms with Crippen LogP contribution in [0.4, 0.5) is 0 Å². The van der Waals surface area contributed by atoms with Crippen LogP contribution in [0, 0.1) is 10.5 Å². The zero-order chi connectivity index (χ0) is 10.2. The molecule has 0 saturated carbocycles. The Balaban J connectivity index is 3.32. The van der Waals surface area contributed by atoms with E-state index in [0.717, 1.165) is 9.13 Å². The lowest BCUT2D eigenvalue weighted by Crippen LogP contribution is -2.16. The van der Waals surface area contributed by atoms with Crippen molar-refractivity contribution in [3.8, 4) is 5.75 Å². The fraction of sp³-hybridized carbons (Fsp3) is 0.400. The van der Waals surface area contributed by atoms with Crippen molar-refractivity contribution in [1.29, 1.82) is 0 Å². The zero-order valence-electron chi connectivity index (χ0n) is 7.93. The fourth-order valence-corrected chi connectivity index (χ4v) is 1.62. The van der Waals surface area contributed by atoms with Crippen molar-refractivity contribution in [2.24, 2.45) is 0 Å². The monoisotopic (exact) mass is 292 g/mol. The number of phenolic OH excluding ortho intramolecular Hbond substituents is 1. The van der Waals surface area contributed by atoms with Gasteiger partial charge in [0.25, 0.3) is 0 Å². The maximum Gasteiger partial charge on any atom is 0.121 e. The summed E-state index contributed by atoms with van der Waals surface area (Å²) < 4.78 is 1.05. The molecule has 0 aliphatic carbocycles. The van der Waals surface area contributed by atoms with E-state index in [1.54, 1.807) is 19.9 Å². The molecule has 0 aromatic heterocycles. The van der Waals surface area contributed by atoms with Crippen LogP contribution in [0.5, 0.6) is 5.75 Å². The summed E-state index contributed by atoms with van der Waals surface area (Å²) in [5, 5.41) is 19.3. The molecular weight excluding hydrogens is 279 g/mol. The van der Waals surface area contributed by atoms with E-state index in [2.05, 4.69) is 22.6 Å². The predicted octanol–water partition coefficient (Wildman–Crippen LogP) is 2.53. The summed E-state index contributed by atoms with van der Waals surface area (Å²) in [6.45, 7) is 5.25. The van der Waals surface area contributed by atoms with Crippen LogP contribution in [0.25, 0.3) is 0 Å². The normalized spacial score (nSPS) is 11.8. The molecule has 0 heterocycles. The maximum absolute atomic E-state index is 9.72. The molecule has 0 unspecified atom stereocenters. The van der Waals surface area contributed by atoms with Gasteiger partial charge in [-0.15, -0.1) is 0 Å². The summed E-state index contributed by atoms with van der Waals surface area (Å²) in [5.41, 5.74) is 0.603. The smallest absolute Gasteiger partial charge is 0.121 e. The number of aliphatic hydroxyl groups is 1. The Morgan fingerprint density at radius 2 is 1.85 bits per heavy atom. The lowest BCUT2D eigenvalue weighted by Gasteiger charge is -2.20. The van der Waals surface area contributed by atoms with E-state index < -0.39 is 5.60 Å². The van der Waals surface area contributed by atoms with E-state index in [1.165, 1.54) is 0 Å². The molecule has 0 amide bonds. The molecule has 1 aromatic rings. The molecule has 72 valence electrons. The molecule has 0 aliphatic heterocycles. The third kappa shape index (κ3) is 2.34. The largest absolute Gasteiger partial charge is 0.508 e. The second-order valence-corrected chi connectivity index (χ2v) is 4.84. The van der Waals surface area contributed by atoms with E-state index in [4.69, 9.17) is 0 Å². The summed E-state index contributed by atoms with van der Waals surface area (Å²) in [6, 6.07) is 3.49. The number of benzene rings is 1. The van der Waals surface area contributed by atoms with Crippen LogP contribution in [0.3, 0.4) is 0 Å². The highest BCUT2D eigenvalue weighted by Crippen LogP contribution is 2.31. The van der Waals surface area contributed by atoms with Crippen molar-refractivity contribution in [3.05, 3.63) is 26.8 Å². The Labute approximate surface area is 91.7 Å². The highest BCUT2D eigenvalue weighted by molar-refractivity contribution is 14.1. The standard InChI is InChI=1S/C10H13IO2/c1-6-4-9(12)7(5-8(6)11)10(2,3)13/h4-5,12-13H,1-3H3. The van der Waals surface area contributed by atoms with E-state index in [0.29, 0.717) is 5.56 Å². The Kier molecular flexibility index (Phi) is 2.87. The first-order valence-electron chi connectivity index (χ1n) is 4.04. The van der Waals surface area contributed by atoms with E-state index in [9.17, 15) is 10.2 Å². The van der Waals surface area contributed by atoms with Crippen LogP contribution >= 0.6 is 22.6 Å². The topological polar surface area (TPSA) is 40.5 Å². The van der Waals surface area contributed by atoms with Gasteiger partial charge >= 0.3 is 0 Å². The Morgan fingerprint density at radius 1 is 1.31 bits per heavy atom. The highest BCUT2D eigenvalue weighted by Gasteiger charge is 2.20.